The fourth-order valence-corrected chi connectivity index (χ4v) is 2.20. The average Bonchev–Trinajstić information content (AvgIpc) is 2.62. The molecule has 1 unspecified atom stereocenters. The van der Waals surface area contributed by atoms with Crippen molar-refractivity contribution in [1.82, 2.24) is 15.1 Å². The Balaban J connectivity index is 2.85. The number of hydrogen-bond acceptors (Lipinski definition) is 2. The molecule has 0 amide bonds. The van der Waals surface area contributed by atoms with Crippen LogP contribution in [-0.4, -0.2) is 15.8 Å². The zero-order chi connectivity index (χ0) is 12.1. The van der Waals surface area contributed by atoms with Crippen LogP contribution >= 0.6 is 15.9 Å². The Morgan fingerprint density at radius 2 is 2.25 bits per heavy atom. The van der Waals surface area contributed by atoms with Crippen molar-refractivity contribution in [3.05, 3.63) is 15.9 Å². The van der Waals surface area contributed by atoms with E-state index in [0.717, 1.165) is 29.7 Å². The Morgan fingerprint density at radius 3 is 2.75 bits per heavy atom. The van der Waals surface area contributed by atoms with Crippen molar-refractivity contribution in [2.45, 2.75) is 46.3 Å². The van der Waals surface area contributed by atoms with E-state index in [1.54, 1.807) is 0 Å². The highest BCUT2D eigenvalue weighted by atomic mass is 79.9. The maximum absolute atomic E-state index is 5.33. The van der Waals surface area contributed by atoms with Crippen LogP contribution in [-0.2, 0) is 19.5 Å². The van der Waals surface area contributed by atoms with Crippen molar-refractivity contribution in [3.63, 3.8) is 0 Å². The van der Waals surface area contributed by atoms with Crippen LogP contribution < -0.4 is 5.32 Å². The molecule has 4 heteroatoms. The summed E-state index contributed by atoms with van der Waals surface area (Å²) >= 11 is 3.60. The molecule has 1 heterocycles. The Labute approximate surface area is 106 Å². The number of aromatic nitrogens is 2. The number of nitrogens with one attached hydrogen (secondary N) is 1. The molecular formula is C12H18BrN3. The Bertz CT molecular complexity index is 390. The molecule has 3 nitrogen and oxygen atoms in total. The van der Waals surface area contributed by atoms with Gasteiger partial charge in [0, 0.05) is 13.1 Å². The zero-order valence-electron chi connectivity index (χ0n) is 10.0. The summed E-state index contributed by atoms with van der Waals surface area (Å²) in [5.41, 5.74) is 2.27. The first kappa shape index (κ1) is 13.3. The first-order chi connectivity index (χ1) is 7.63. The maximum atomic E-state index is 5.33. The molecule has 0 aliphatic rings. The Hall–Kier alpha value is -0.790. The van der Waals surface area contributed by atoms with Gasteiger partial charge in [-0.1, -0.05) is 12.8 Å². The second-order valence-electron chi connectivity index (χ2n) is 3.65. The average molecular weight is 284 g/mol. The minimum Gasteiger partial charge on any atom is -0.298 e. The van der Waals surface area contributed by atoms with E-state index in [1.165, 1.54) is 5.69 Å². The van der Waals surface area contributed by atoms with Crippen molar-refractivity contribution >= 4 is 15.9 Å². The number of terminal acetylenes is 1. The highest BCUT2D eigenvalue weighted by molar-refractivity contribution is 9.10. The third-order valence-electron chi connectivity index (χ3n) is 2.52. The summed E-state index contributed by atoms with van der Waals surface area (Å²) in [4.78, 5) is 0. The predicted octanol–water partition coefficient (Wildman–Crippen LogP) is 2.34. The number of rotatable bonds is 5. The quantitative estimate of drug-likeness (QED) is 0.841. The van der Waals surface area contributed by atoms with E-state index in [9.17, 15) is 0 Å². The molecule has 1 rings (SSSR count). The summed E-state index contributed by atoms with van der Waals surface area (Å²) < 4.78 is 3.12. The van der Waals surface area contributed by atoms with E-state index in [2.05, 4.69) is 46.1 Å². The summed E-state index contributed by atoms with van der Waals surface area (Å²) in [6.07, 6.45) is 6.27. The predicted molar refractivity (Wildman–Crippen MR) is 70.1 cm³/mol. The molecule has 0 aliphatic heterocycles. The summed E-state index contributed by atoms with van der Waals surface area (Å²) in [7, 11) is 0. The van der Waals surface area contributed by atoms with Crippen LogP contribution in [0.1, 0.15) is 32.2 Å². The van der Waals surface area contributed by atoms with Crippen LogP contribution in [0.3, 0.4) is 0 Å². The fourth-order valence-electron chi connectivity index (χ4n) is 1.49. The Kier molecular flexibility index (Phi) is 5.04. The van der Waals surface area contributed by atoms with E-state index >= 15 is 0 Å². The van der Waals surface area contributed by atoms with E-state index in [0.29, 0.717) is 0 Å². The van der Waals surface area contributed by atoms with Crippen molar-refractivity contribution in [2.75, 3.05) is 0 Å². The molecule has 0 saturated heterocycles. The van der Waals surface area contributed by atoms with Gasteiger partial charge in [0.05, 0.1) is 21.9 Å². The highest BCUT2D eigenvalue weighted by Crippen LogP contribution is 2.22. The number of halogens is 1. The molecule has 0 spiro atoms. The highest BCUT2D eigenvalue weighted by Gasteiger charge is 2.13. The lowest BCUT2D eigenvalue weighted by atomic mass is 10.3. The minimum absolute atomic E-state index is 0.0807. The summed E-state index contributed by atoms with van der Waals surface area (Å²) in [6, 6.07) is 0.0807. The lowest BCUT2D eigenvalue weighted by molar-refractivity contribution is 0.564. The van der Waals surface area contributed by atoms with Gasteiger partial charge in [-0.2, -0.15) is 5.10 Å². The summed E-state index contributed by atoms with van der Waals surface area (Å²) in [6.45, 7) is 7.79. The smallest absolute Gasteiger partial charge is 0.0767 e. The number of hydrogen-bond donors (Lipinski definition) is 1. The number of nitrogens with zero attached hydrogens (tertiary/aromatic N) is 2. The van der Waals surface area contributed by atoms with E-state index in [1.807, 2.05) is 11.6 Å². The SMILES string of the molecule is C#CC(C)NCc1c(Br)c(CC)nn1CC. The van der Waals surface area contributed by atoms with Gasteiger partial charge < -0.3 is 0 Å². The van der Waals surface area contributed by atoms with Gasteiger partial charge in [-0.05, 0) is 36.2 Å². The molecular weight excluding hydrogens is 266 g/mol. The van der Waals surface area contributed by atoms with Crippen molar-refractivity contribution in [1.29, 1.82) is 0 Å². The molecule has 88 valence electrons. The van der Waals surface area contributed by atoms with Gasteiger partial charge in [-0.15, -0.1) is 6.42 Å². The summed E-state index contributed by atoms with van der Waals surface area (Å²) in [5.74, 6) is 2.66. The lowest BCUT2D eigenvalue weighted by Gasteiger charge is -2.09. The molecule has 1 aromatic rings. The molecule has 0 radical (unpaired) electrons. The molecule has 0 fully saturated rings. The molecule has 0 bridgehead atoms. The monoisotopic (exact) mass is 283 g/mol. The first-order valence-electron chi connectivity index (χ1n) is 5.57. The Morgan fingerprint density at radius 1 is 1.56 bits per heavy atom. The minimum atomic E-state index is 0.0807. The van der Waals surface area contributed by atoms with Crippen LogP contribution in [0.4, 0.5) is 0 Å². The van der Waals surface area contributed by atoms with Crippen LogP contribution in [0, 0.1) is 12.3 Å². The van der Waals surface area contributed by atoms with Gasteiger partial charge in [0.2, 0.25) is 0 Å². The van der Waals surface area contributed by atoms with Gasteiger partial charge in [0.25, 0.3) is 0 Å². The van der Waals surface area contributed by atoms with Gasteiger partial charge in [0.1, 0.15) is 0 Å². The van der Waals surface area contributed by atoms with Crippen LogP contribution in [0.25, 0.3) is 0 Å². The lowest BCUT2D eigenvalue weighted by Crippen LogP contribution is -2.25. The standard InChI is InChI=1S/C12H18BrN3/c1-5-9(4)14-8-11-12(13)10(6-2)15-16(11)7-3/h1,9,14H,6-8H2,2-4H3. The van der Waals surface area contributed by atoms with E-state index in [4.69, 9.17) is 6.42 Å². The van der Waals surface area contributed by atoms with Crippen molar-refractivity contribution in [3.8, 4) is 12.3 Å². The molecule has 0 aromatic carbocycles. The largest absolute Gasteiger partial charge is 0.298 e. The van der Waals surface area contributed by atoms with Crippen LogP contribution in [0.2, 0.25) is 0 Å². The van der Waals surface area contributed by atoms with Gasteiger partial charge in [-0.25, -0.2) is 0 Å². The van der Waals surface area contributed by atoms with Crippen molar-refractivity contribution < 1.29 is 0 Å². The normalized spacial score (nSPS) is 12.4. The molecule has 1 aromatic heterocycles. The van der Waals surface area contributed by atoms with Gasteiger partial charge in [-0.3, -0.25) is 10.00 Å². The van der Waals surface area contributed by atoms with Crippen molar-refractivity contribution in [2.24, 2.45) is 0 Å². The summed E-state index contributed by atoms with van der Waals surface area (Å²) in [5, 5.41) is 7.80. The molecule has 1 atom stereocenters. The number of aryl methyl sites for hydroxylation is 2. The fraction of sp³-hybridized carbons (Fsp3) is 0.583. The second kappa shape index (κ2) is 6.07. The topological polar surface area (TPSA) is 29.9 Å². The third-order valence-corrected chi connectivity index (χ3v) is 3.44. The van der Waals surface area contributed by atoms with Gasteiger partial charge >= 0.3 is 0 Å². The van der Waals surface area contributed by atoms with E-state index < -0.39 is 0 Å². The van der Waals surface area contributed by atoms with Crippen LogP contribution in [0.15, 0.2) is 4.47 Å². The molecule has 0 saturated carbocycles. The molecule has 1 N–H and O–H groups in total. The zero-order valence-corrected chi connectivity index (χ0v) is 11.6. The maximum Gasteiger partial charge on any atom is 0.0767 e. The van der Waals surface area contributed by atoms with E-state index in [-0.39, 0.29) is 6.04 Å². The molecule has 0 aliphatic carbocycles. The second-order valence-corrected chi connectivity index (χ2v) is 4.44. The van der Waals surface area contributed by atoms with Gasteiger partial charge in [0.15, 0.2) is 0 Å². The molecule has 16 heavy (non-hydrogen) atoms. The first-order valence-corrected chi connectivity index (χ1v) is 6.36. The third kappa shape index (κ3) is 2.87. The van der Waals surface area contributed by atoms with Crippen LogP contribution in [0.5, 0.6) is 0 Å².